The number of nitrogens with one attached hydrogen (secondary N) is 2. The van der Waals surface area contributed by atoms with Crippen molar-refractivity contribution in [1.29, 1.82) is 0 Å². The number of carbonyl (C=O) groups excluding carboxylic acids is 1. The lowest BCUT2D eigenvalue weighted by atomic mass is 9.95. The number of amides is 1. The quantitative estimate of drug-likeness (QED) is 0.877. The van der Waals surface area contributed by atoms with Gasteiger partial charge in [-0.1, -0.05) is 23.4 Å². The fraction of sp³-hybridized carbons (Fsp3) is 0.333. The van der Waals surface area contributed by atoms with E-state index in [1.165, 1.54) is 18.2 Å². The summed E-state index contributed by atoms with van der Waals surface area (Å²) in [6, 6.07) is 12.5. The molecule has 24 heavy (non-hydrogen) atoms. The molecule has 2 aliphatic rings. The van der Waals surface area contributed by atoms with Crippen molar-refractivity contribution in [2.24, 2.45) is 0 Å². The van der Waals surface area contributed by atoms with Crippen LogP contribution in [0.4, 0.5) is 0 Å². The van der Waals surface area contributed by atoms with Crippen molar-refractivity contribution in [3.63, 3.8) is 0 Å². The molecule has 0 radical (unpaired) electrons. The first-order chi connectivity index (χ1) is 11.7. The summed E-state index contributed by atoms with van der Waals surface area (Å²) in [6.45, 7) is 0. The predicted octanol–water partition coefficient (Wildman–Crippen LogP) is 3.51. The fourth-order valence-corrected chi connectivity index (χ4v) is 4.51. The molecule has 3 atom stereocenters. The fourth-order valence-electron chi connectivity index (χ4n) is 3.47. The molecule has 0 spiro atoms. The lowest BCUT2D eigenvalue weighted by molar-refractivity contribution is 0.0931. The molecule has 3 heterocycles. The van der Waals surface area contributed by atoms with Crippen LogP contribution in [0, 0.1) is 0 Å². The molecule has 1 aromatic heterocycles. The summed E-state index contributed by atoms with van der Waals surface area (Å²) < 4.78 is 0. The number of hydrogen-bond acceptors (Lipinski definition) is 4. The van der Waals surface area contributed by atoms with Gasteiger partial charge in [-0.15, -0.1) is 0 Å². The Morgan fingerprint density at radius 3 is 2.75 bits per heavy atom. The largest absolute Gasteiger partial charge is 0.348 e. The molecule has 2 aliphatic heterocycles. The highest BCUT2D eigenvalue weighted by Gasteiger charge is 2.39. The maximum absolute atomic E-state index is 12.4. The average Bonchev–Trinajstić information content (AvgIpc) is 3.18. The Bertz CT molecular complexity index is 752. The van der Waals surface area contributed by atoms with Crippen LogP contribution in [0.1, 0.15) is 29.6 Å². The van der Waals surface area contributed by atoms with Gasteiger partial charge in [0, 0.05) is 39.8 Å². The lowest BCUT2D eigenvalue weighted by Gasteiger charge is -2.21. The van der Waals surface area contributed by atoms with Crippen molar-refractivity contribution in [3.05, 3.63) is 53.2 Å². The van der Waals surface area contributed by atoms with Gasteiger partial charge in [0.1, 0.15) is 5.03 Å². The van der Waals surface area contributed by atoms with Gasteiger partial charge in [-0.05, 0) is 55.7 Å². The number of carbonyl (C=O) groups is 1. The maximum Gasteiger partial charge on any atom is 0.251 e. The summed E-state index contributed by atoms with van der Waals surface area (Å²) in [5.74, 6) is 0.00628. The first-order valence-electron chi connectivity index (χ1n) is 8.14. The molecule has 2 aromatic rings. The first-order valence-corrected chi connectivity index (χ1v) is 9.33. The number of halogens is 1. The number of fused-ring (bicyclic) bond motifs is 2. The predicted molar refractivity (Wildman–Crippen MR) is 95.6 cm³/mol. The van der Waals surface area contributed by atoms with Crippen LogP contribution in [-0.2, 0) is 0 Å². The van der Waals surface area contributed by atoms with Crippen LogP contribution in [0.15, 0.2) is 52.5 Å². The lowest BCUT2D eigenvalue weighted by Crippen LogP contribution is -2.42. The smallest absolute Gasteiger partial charge is 0.251 e. The number of benzene rings is 1. The van der Waals surface area contributed by atoms with Crippen molar-refractivity contribution in [1.82, 2.24) is 15.6 Å². The number of pyridine rings is 1. The molecule has 2 N–H and O–H groups in total. The molecule has 124 valence electrons. The van der Waals surface area contributed by atoms with E-state index in [0.29, 0.717) is 22.7 Å². The molecule has 2 saturated heterocycles. The van der Waals surface area contributed by atoms with Crippen LogP contribution in [0.2, 0.25) is 5.02 Å². The van der Waals surface area contributed by atoms with Crippen molar-refractivity contribution < 1.29 is 4.79 Å². The highest BCUT2D eigenvalue weighted by Crippen LogP contribution is 2.29. The van der Waals surface area contributed by atoms with E-state index in [1.807, 2.05) is 30.3 Å². The molecule has 2 fully saturated rings. The van der Waals surface area contributed by atoms with Crippen LogP contribution in [0.3, 0.4) is 0 Å². The number of hydrogen-bond donors (Lipinski definition) is 2. The Morgan fingerprint density at radius 2 is 2.08 bits per heavy atom. The normalized spacial score (nSPS) is 25.0. The minimum atomic E-state index is 0.00628. The monoisotopic (exact) mass is 359 g/mol. The minimum absolute atomic E-state index is 0.00628. The number of rotatable bonds is 4. The van der Waals surface area contributed by atoms with Gasteiger partial charge in [0.25, 0.3) is 5.91 Å². The molecule has 4 rings (SSSR count). The van der Waals surface area contributed by atoms with Crippen molar-refractivity contribution in [2.75, 3.05) is 0 Å². The Morgan fingerprint density at radius 1 is 1.25 bits per heavy atom. The van der Waals surface area contributed by atoms with Gasteiger partial charge in [-0.25, -0.2) is 4.98 Å². The SMILES string of the molecule is O=C(NC1CC2CCC1N2)c1ccc(Sc2cc(Cl)ccn2)cc1. The van der Waals surface area contributed by atoms with Crippen LogP contribution in [-0.4, -0.2) is 29.0 Å². The Hall–Kier alpha value is -1.56. The Labute approximate surface area is 150 Å². The van der Waals surface area contributed by atoms with E-state index >= 15 is 0 Å². The van der Waals surface area contributed by atoms with Gasteiger partial charge in [0.15, 0.2) is 0 Å². The van der Waals surface area contributed by atoms with E-state index in [1.54, 1.807) is 12.3 Å². The van der Waals surface area contributed by atoms with Gasteiger partial charge < -0.3 is 10.6 Å². The van der Waals surface area contributed by atoms with Crippen molar-refractivity contribution in [3.8, 4) is 0 Å². The van der Waals surface area contributed by atoms with Crippen LogP contribution in [0.25, 0.3) is 0 Å². The average molecular weight is 360 g/mol. The van der Waals surface area contributed by atoms with E-state index in [9.17, 15) is 4.79 Å². The molecule has 2 bridgehead atoms. The van der Waals surface area contributed by atoms with E-state index in [2.05, 4.69) is 15.6 Å². The third kappa shape index (κ3) is 3.43. The van der Waals surface area contributed by atoms with Crippen LogP contribution >= 0.6 is 23.4 Å². The summed E-state index contributed by atoms with van der Waals surface area (Å²) in [5, 5.41) is 8.21. The molecule has 1 amide bonds. The van der Waals surface area contributed by atoms with Gasteiger partial charge >= 0.3 is 0 Å². The van der Waals surface area contributed by atoms with Crippen molar-refractivity contribution >= 4 is 29.3 Å². The number of nitrogens with zero attached hydrogens (tertiary/aromatic N) is 1. The third-order valence-corrected chi connectivity index (χ3v) is 5.83. The van der Waals surface area contributed by atoms with E-state index < -0.39 is 0 Å². The molecule has 0 aliphatic carbocycles. The Balaban J connectivity index is 1.39. The highest BCUT2D eigenvalue weighted by atomic mass is 35.5. The second kappa shape index (κ2) is 6.75. The summed E-state index contributed by atoms with van der Waals surface area (Å²) in [5.41, 5.74) is 0.696. The van der Waals surface area contributed by atoms with Gasteiger partial charge in [-0.2, -0.15) is 0 Å². The molecule has 4 nitrogen and oxygen atoms in total. The number of aromatic nitrogens is 1. The molecule has 6 heteroatoms. The van der Waals surface area contributed by atoms with Crippen molar-refractivity contribution in [2.45, 2.75) is 47.3 Å². The molecule has 3 unspecified atom stereocenters. The third-order valence-electron chi connectivity index (χ3n) is 4.65. The van der Waals surface area contributed by atoms with E-state index in [-0.39, 0.29) is 11.9 Å². The zero-order valence-electron chi connectivity index (χ0n) is 13.0. The van der Waals surface area contributed by atoms with Crippen LogP contribution in [0.5, 0.6) is 0 Å². The van der Waals surface area contributed by atoms with Crippen LogP contribution < -0.4 is 10.6 Å². The van der Waals surface area contributed by atoms with Gasteiger partial charge in [-0.3, -0.25) is 4.79 Å². The summed E-state index contributed by atoms with van der Waals surface area (Å²) in [7, 11) is 0. The Kier molecular flexibility index (Phi) is 4.48. The molecule has 0 saturated carbocycles. The summed E-state index contributed by atoms with van der Waals surface area (Å²) in [4.78, 5) is 17.7. The summed E-state index contributed by atoms with van der Waals surface area (Å²) in [6.07, 6.45) is 5.14. The van der Waals surface area contributed by atoms with E-state index in [0.717, 1.165) is 22.8 Å². The standard InChI is InChI=1S/C18H18ClN3OS/c19-12-7-8-20-17(9-12)24-14-4-1-11(2-5-14)18(23)22-16-10-13-3-6-15(16)21-13/h1-2,4-5,7-9,13,15-16,21H,3,6,10H2,(H,22,23). The topological polar surface area (TPSA) is 54.0 Å². The minimum Gasteiger partial charge on any atom is -0.348 e. The van der Waals surface area contributed by atoms with Gasteiger partial charge in [0.2, 0.25) is 0 Å². The van der Waals surface area contributed by atoms with E-state index in [4.69, 9.17) is 11.6 Å². The molecule has 1 aromatic carbocycles. The maximum atomic E-state index is 12.4. The zero-order valence-corrected chi connectivity index (χ0v) is 14.6. The second-order valence-corrected chi connectivity index (χ2v) is 7.83. The molecular weight excluding hydrogens is 342 g/mol. The zero-order chi connectivity index (χ0) is 16.5. The first kappa shape index (κ1) is 15.9. The second-order valence-electron chi connectivity index (χ2n) is 6.30. The molecular formula is C18H18ClN3OS. The highest BCUT2D eigenvalue weighted by molar-refractivity contribution is 7.99. The van der Waals surface area contributed by atoms with Gasteiger partial charge in [0.05, 0.1) is 0 Å². The summed E-state index contributed by atoms with van der Waals surface area (Å²) >= 11 is 7.50.